The van der Waals surface area contributed by atoms with Gasteiger partial charge in [-0.1, -0.05) is 0 Å². The van der Waals surface area contributed by atoms with E-state index in [0.29, 0.717) is 0 Å². The molecular formula is C10H8F2O3. The van der Waals surface area contributed by atoms with Crippen LogP contribution < -0.4 is 0 Å². The zero-order valence-electron chi connectivity index (χ0n) is 7.63. The smallest absolute Gasteiger partial charge is 0.314 e. The van der Waals surface area contributed by atoms with Crippen LogP contribution in [0.3, 0.4) is 0 Å². The monoisotopic (exact) mass is 214 g/mol. The number of carboxylic acid groups (broad SMARTS) is 1. The largest absolute Gasteiger partial charge is 0.508 e. The molecular weight excluding hydrogens is 206 g/mol. The molecule has 1 aliphatic carbocycles. The van der Waals surface area contributed by atoms with Crippen molar-refractivity contribution in [3.05, 3.63) is 29.3 Å². The van der Waals surface area contributed by atoms with Crippen molar-refractivity contribution in [2.75, 3.05) is 0 Å². The molecule has 15 heavy (non-hydrogen) atoms. The third-order valence-electron chi connectivity index (χ3n) is 2.71. The maximum Gasteiger partial charge on any atom is 0.314 e. The molecule has 0 unspecified atom stereocenters. The average molecular weight is 214 g/mol. The fourth-order valence-corrected chi connectivity index (χ4v) is 1.69. The Hall–Kier alpha value is -1.65. The molecule has 0 aliphatic heterocycles. The first kappa shape index (κ1) is 9.89. The van der Waals surface area contributed by atoms with Crippen LogP contribution in [0.5, 0.6) is 5.75 Å². The highest BCUT2D eigenvalue weighted by atomic mass is 19.2. The maximum absolute atomic E-state index is 13.4. The summed E-state index contributed by atoms with van der Waals surface area (Å²) >= 11 is 0. The second-order valence-electron chi connectivity index (χ2n) is 3.64. The number of carboxylic acids is 1. The van der Waals surface area contributed by atoms with E-state index in [1.807, 2.05) is 0 Å². The van der Waals surface area contributed by atoms with Crippen LogP contribution in [0.4, 0.5) is 8.78 Å². The molecule has 0 amide bonds. The maximum atomic E-state index is 13.4. The summed E-state index contributed by atoms with van der Waals surface area (Å²) in [6.45, 7) is 0. The lowest BCUT2D eigenvalue weighted by Crippen LogP contribution is -2.21. The van der Waals surface area contributed by atoms with E-state index in [1.165, 1.54) is 0 Å². The van der Waals surface area contributed by atoms with Crippen molar-refractivity contribution in [3.63, 3.8) is 0 Å². The molecule has 2 rings (SSSR count). The Labute approximate surface area is 84.0 Å². The Balaban J connectivity index is 2.62. The number of phenols is 1. The van der Waals surface area contributed by atoms with Gasteiger partial charge in [0, 0.05) is 5.56 Å². The zero-order valence-corrected chi connectivity index (χ0v) is 7.63. The number of hydrogen-bond donors (Lipinski definition) is 2. The number of hydrogen-bond acceptors (Lipinski definition) is 2. The van der Waals surface area contributed by atoms with Crippen molar-refractivity contribution in [1.29, 1.82) is 0 Å². The van der Waals surface area contributed by atoms with Crippen LogP contribution in [0.2, 0.25) is 0 Å². The molecule has 1 saturated carbocycles. The van der Waals surface area contributed by atoms with E-state index in [4.69, 9.17) is 5.11 Å². The van der Waals surface area contributed by atoms with E-state index in [0.717, 1.165) is 12.1 Å². The van der Waals surface area contributed by atoms with Crippen LogP contribution in [0, 0.1) is 11.6 Å². The molecule has 2 N–H and O–H groups in total. The molecule has 1 aromatic carbocycles. The molecule has 0 saturated heterocycles. The molecule has 80 valence electrons. The van der Waals surface area contributed by atoms with Gasteiger partial charge in [0.05, 0.1) is 5.41 Å². The quantitative estimate of drug-likeness (QED) is 0.789. The summed E-state index contributed by atoms with van der Waals surface area (Å²) in [7, 11) is 0. The first-order valence-corrected chi connectivity index (χ1v) is 4.40. The predicted octanol–water partition coefficient (Wildman–Crippen LogP) is 1.79. The van der Waals surface area contributed by atoms with Gasteiger partial charge in [-0.3, -0.25) is 4.79 Å². The van der Waals surface area contributed by atoms with E-state index in [1.54, 1.807) is 0 Å². The van der Waals surface area contributed by atoms with Crippen molar-refractivity contribution in [3.8, 4) is 5.75 Å². The van der Waals surface area contributed by atoms with Gasteiger partial charge in [-0.05, 0) is 25.0 Å². The minimum Gasteiger partial charge on any atom is -0.508 e. The molecule has 0 aromatic heterocycles. The molecule has 0 radical (unpaired) electrons. The second kappa shape index (κ2) is 2.92. The summed E-state index contributed by atoms with van der Waals surface area (Å²) in [5.74, 6) is -4.15. The van der Waals surface area contributed by atoms with Crippen LogP contribution in [0.15, 0.2) is 12.1 Å². The van der Waals surface area contributed by atoms with E-state index in [9.17, 15) is 18.7 Å². The number of aliphatic carboxylic acids is 1. The van der Waals surface area contributed by atoms with E-state index in [-0.39, 0.29) is 12.8 Å². The summed E-state index contributed by atoms with van der Waals surface area (Å²) in [6.07, 6.45) is 0.437. The molecule has 3 nitrogen and oxygen atoms in total. The lowest BCUT2D eigenvalue weighted by molar-refractivity contribution is -0.140. The summed E-state index contributed by atoms with van der Waals surface area (Å²) in [4.78, 5) is 10.9. The minimum absolute atomic E-state index is 0.219. The number of carbonyl (C=O) groups is 1. The van der Waals surface area contributed by atoms with Gasteiger partial charge in [0.2, 0.25) is 0 Å². The number of rotatable bonds is 2. The molecule has 0 bridgehead atoms. The van der Waals surface area contributed by atoms with Crippen molar-refractivity contribution in [2.45, 2.75) is 18.3 Å². The van der Waals surface area contributed by atoms with Crippen LogP contribution in [-0.2, 0) is 10.2 Å². The molecule has 1 fully saturated rings. The Bertz CT molecular complexity index is 439. The predicted molar refractivity (Wildman–Crippen MR) is 46.6 cm³/mol. The number of benzene rings is 1. The highest BCUT2D eigenvalue weighted by molar-refractivity contribution is 5.86. The summed E-state index contributed by atoms with van der Waals surface area (Å²) in [6, 6.07) is 1.74. The first-order valence-electron chi connectivity index (χ1n) is 4.40. The fourth-order valence-electron chi connectivity index (χ4n) is 1.69. The number of aromatic hydroxyl groups is 1. The van der Waals surface area contributed by atoms with Crippen molar-refractivity contribution >= 4 is 5.97 Å². The Kier molecular flexibility index (Phi) is 1.92. The van der Waals surface area contributed by atoms with Crippen molar-refractivity contribution in [1.82, 2.24) is 0 Å². The van der Waals surface area contributed by atoms with Gasteiger partial charge in [0.15, 0.2) is 11.6 Å². The lowest BCUT2D eigenvalue weighted by Gasteiger charge is -2.13. The van der Waals surface area contributed by atoms with Gasteiger partial charge in [0.1, 0.15) is 5.75 Å². The van der Waals surface area contributed by atoms with Gasteiger partial charge in [0.25, 0.3) is 0 Å². The highest BCUT2D eigenvalue weighted by Gasteiger charge is 2.55. The molecule has 5 heteroatoms. The summed E-state index contributed by atoms with van der Waals surface area (Å²) < 4.78 is 26.3. The summed E-state index contributed by atoms with van der Waals surface area (Å²) in [5, 5.41) is 18.3. The van der Waals surface area contributed by atoms with Gasteiger partial charge >= 0.3 is 5.97 Å². The summed E-state index contributed by atoms with van der Waals surface area (Å²) in [5.41, 5.74) is -1.87. The minimum atomic E-state index is -1.43. The third-order valence-corrected chi connectivity index (χ3v) is 2.71. The van der Waals surface area contributed by atoms with Gasteiger partial charge < -0.3 is 10.2 Å². The normalized spacial score (nSPS) is 17.5. The number of halogens is 2. The van der Waals surface area contributed by atoms with Gasteiger partial charge in [-0.15, -0.1) is 0 Å². The van der Waals surface area contributed by atoms with E-state index >= 15 is 0 Å². The molecule has 0 atom stereocenters. The Morgan fingerprint density at radius 3 is 2.40 bits per heavy atom. The Morgan fingerprint density at radius 1 is 1.33 bits per heavy atom. The second-order valence-corrected chi connectivity index (χ2v) is 3.64. The first-order chi connectivity index (χ1) is 6.99. The Morgan fingerprint density at radius 2 is 1.93 bits per heavy atom. The van der Waals surface area contributed by atoms with Crippen LogP contribution >= 0.6 is 0 Å². The van der Waals surface area contributed by atoms with Gasteiger partial charge in [-0.2, -0.15) is 0 Å². The molecule has 0 heterocycles. The topological polar surface area (TPSA) is 57.5 Å². The van der Waals surface area contributed by atoms with Crippen molar-refractivity contribution < 1.29 is 23.8 Å². The molecule has 1 aliphatic rings. The SMILES string of the molecule is O=C(O)C1(c2c(O)ccc(F)c2F)CC1. The van der Waals surface area contributed by atoms with Crippen LogP contribution in [-0.4, -0.2) is 16.2 Å². The van der Waals surface area contributed by atoms with Crippen molar-refractivity contribution in [2.24, 2.45) is 0 Å². The molecule has 1 aromatic rings. The number of phenolic OH excluding ortho intramolecular Hbond substituents is 1. The zero-order chi connectivity index (χ0) is 11.2. The van der Waals surface area contributed by atoms with E-state index in [2.05, 4.69) is 0 Å². The van der Waals surface area contributed by atoms with Crippen LogP contribution in [0.1, 0.15) is 18.4 Å². The third kappa shape index (κ3) is 1.26. The lowest BCUT2D eigenvalue weighted by atomic mass is 9.94. The van der Waals surface area contributed by atoms with E-state index < -0.39 is 34.3 Å². The average Bonchev–Trinajstić information content (AvgIpc) is 2.93. The van der Waals surface area contributed by atoms with Gasteiger partial charge in [-0.25, -0.2) is 8.78 Å². The standard InChI is InChI=1S/C10H8F2O3/c11-5-1-2-6(13)7(8(5)12)10(3-4-10)9(14)15/h1-2,13H,3-4H2,(H,14,15). The van der Waals surface area contributed by atoms with Crippen LogP contribution in [0.25, 0.3) is 0 Å². The highest BCUT2D eigenvalue weighted by Crippen LogP contribution is 2.52. The molecule has 0 spiro atoms. The fraction of sp³-hybridized carbons (Fsp3) is 0.300.